The van der Waals surface area contributed by atoms with Gasteiger partial charge >= 0.3 is 0 Å². The van der Waals surface area contributed by atoms with Crippen LogP contribution in [0, 0.1) is 18.6 Å². The van der Waals surface area contributed by atoms with Gasteiger partial charge in [0.1, 0.15) is 0 Å². The van der Waals surface area contributed by atoms with E-state index < -0.39 is 11.6 Å². The highest BCUT2D eigenvalue weighted by Gasteiger charge is 2.12. The maximum atomic E-state index is 13.2. The SMILES string of the molecule is Cc1nc(-c2ccc(F)c(F)c2)c(CCN)s1. The van der Waals surface area contributed by atoms with E-state index in [2.05, 4.69) is 4.98 Å². The Balaban J connectivity index is 2.47. The number of nitrogens with two attached hydrogens (primary N) is 1. The molecule has 2 nitrogen and oxygen atoms in total. The Morgan fingerprint density at radius 3 is 2.71 bits per heavy atom. The van der Waals surface area contributed by atoms with Crippen LogP contribution in [0.1, 0.15) is 9.88 Å². The Hall–Kier alpha value is -1.33. The maximum Gasteiger partial charge on any atom is 0.159 e. The fraction of sp³-hybridized carbons (Fsp3) is 0.250. The minimum Gasteiger partial charge on any atom is -0.330 e. The molecule has 0 amide bonds. The van der Waals surface area contributed by atoms with E-state index in [0.717, 1.165) is 16.0 Å². The highest BCUT2D eigenvalue weighted by atomic mass is 32.1. The van der Waals surface area contributed by atoms with Crippen molar-refractivity contribution in [1.82, 2.24) is 4.98 Å². The molecule has 90 valence electrons. The van der Waals surface area contributed by atoms with Crippen molar-refractivity contribution in [2.24, 2.45) is 5.73 Å². The van der Waals surface area contributed by atoms with Gasteiger partial charge in [0, 0.05) is 10.4 Å². The van der Waals surface area contributed by atoms with Crippen molar-refractivity contribution in [3.05, 3.63) is 39.7 Å². The first-order chi connectivity index (χ1) is 8.11. The second-order valence-electron chi connectivity index (χ2n) is 3.67. The third-order valence-electron chi connectivity index (χ3n) is 2.37. The molecule has 5 heteroatoms. The van der Waals surface area contributed by atoms with E-state index in [0.29, 0.717) is 24.2 Å². The molecule has 0 fully saturated rings. The van der Waals surface area contributed by atoms with Crippen molar-refractivity contribution < 1.29 is 8.78 Å². The highest BCUT2D eigenvalue weighted by molar-refractivity contribution is 7.12. The largest absolute Gasteiger partial charge is 0.330 e. The number of hydrogen-bond acceptors (Lipinski definition) is 3. The lowest BCUT2D eigenvalue weighted by atomic mass is 10.1. The van der Waals surface area contributed by atoms with Gasteiger partial charge in [-0.1, -0.05) is 0 Å². The highest BCUT2D eigenvalue weighted by Crippen LogP contribution is 2.29. The van der Waals surface area contributed by atoms with Crippen LogP contribution in [0.3, 0.4) is 0 Å². The summed E-state index contributed by atoms with van der Waals surface area (Å²) >= 11 is 1.54. The molecule has 1 heterocycles. The first kappa shape index (κ1) is 12.1. The minimum atomic E-state index is -0.855. The van der Waals surface area contributed by atoms with E-state index in [4.69, 9.17) is 5.73 Å². The molecule has 0 bridgehead atoms. The predicted molar refractivity (Wildman–Crippen MR) is 65.0 cm³/mol. The quantitative estimate of drug-likeness (QED) is 0.914. The van der Waals surface area contributed by atoms with Crippen LogP contribution in [0.15, 0.2) is 18.2 Å². The number of aryl methyl sites for hydroxylation is 1. The average molecular weight is 254 g/mol. The van der Waals surface area contributed by atoms with Crippen LogP contribution in [0.2, 0.25) is 0 Å². The summed E-state index contributed by atoms with van der Waals surface area (Å²) in [5.74, 6) is -1.70. The second kappa shape index (κ2) is 4.89. The van der Waals surface area contributed by atoms with Crippen molar-refractivity contribution in [3.63, 3.8) is 0 Å². The number of nitrogens with zero attached hydrogens (tertiary/aromatic N) is 1. The Kier molecular flexibility index (Phi) is 3.49. The van der Waals surface area contributed by atoms with Crippen LogP contribution >= 0.6 is 11.3 Å². The van der Waals surface area contributed by atoms with E-state index in [1.807, 2.05) is 6.92 Å². The summed E-state index contributed by atoms with van der Waals surface area (Å²) < 4.78 is 26.0. The molecule has 0 aliphatic heterocycles. The number of benzene rings is 1. The topological polar surface area (TPSA) is 38.9 Å². The van der Waals surface area contributed by atoms with Crippen LogP contribution in [-0.4, -0.2) is 11.5 Å². The molecule has 0 saturated carbocycles. The van der Waals surface area contributed by atoms with Gasteiger partial charge in [0.25, 0.3) is 0 Å². The van der Waals surface area contributed by atoms with Crippen LogP contribution in [0.5, 0.6) is 0 Å². The van der Waals surface area contributed by atoms with Crippen molar-refractivity contribution in [1.29, 1.82) is 0 Å². The molecule has 17 heavy (non-hydrogen) atoms. The predicted octanol–water partition coefficient (Wildman–Crippen LogP) is 2.90. The maximum absolute atomic E-state index is 13.2. The zero-order valence-corrected chi connectivity index (χ0v) is 10.2. The summed E-state index contributed by atoms with van der Waals surface area (Å²) in [5.41, 5.74) is 6.82. The molecule has 0 atom stereocenters. The molecular weight excluding hydrogens is 242 g/mol. The molecule has 0 unspecified atom stereocenters. The van der Waals surface area contributed by atoms with Gasteiger partial charge in [0.05, 0.1) is 10.7 Å². The van der Waals surface area contributed by atoms with Gasteiger partial charge in [-0.3, -0.25) is 0 Å². The summed E-state index contributed by atoms with van der Waals surface area (Å²) in [7, 11) is 0. The average Bonchev–Trinajstić information content (AvgIpc) is 2.64. The van der Waals surface area contributed by atoms with Crippen LogP contribution < -0.4 is 5.73 Å². The van der Waals surface area contributed by atoms with Crippen molar-refractivity contribution in [2.75, 3.05) is 6.54 Å². The third kappa shape index (κ3) is 2.50. The molecule has 1 aromatic heterocycles. The zero-order chi connectivity index (χ0) is 12.4. The number of aromatic nitrogens is 1. The molecule has 0 saturated heterocycles. The molecule has 2 N–H and O–H groups in total. The lowest BCUT2D eigenvalue weighted by Gasteiger charge is -2.02. The summed E-state index contributed by atoms with van der Waals surface area (Å²) in [6.45, 7) is 2.40. The van der Waals surface area contributed by atoms with Crippen LogP contribution in [0.4, 0.5) is 8.78 Å². The third-order valence-corrected chi connectivity index (χ3v) is 3.40. The van der Waals surface area contributed by atoms with E-state index >= 15 is 0 Å². The van der Waals surface area contributed by atoms with Gasteiger partial charge in [-0.25, -0.2) is 13.8 Å². The van der Waals surface area contributed by atoms with Crippen LogP contribution in [-0.2, 0) is 6.42 Å². The minimum absolute atomic E-state index is 0.512. The van der Waals surface area contributed by atoms with E-state index in [1.165, 1.54) is 23.5 Å². The Bertz CT molecular complexity index is 537. The Labute approximate surface area is 102 Å². The Morgan fingerprint density at radius 1 is 1.29 bits per heavy atom. The van der Waals surface area contributed by atoms with Gasteiger partial charge in [-0.2, -0.15) is 0 Å². The molecule has 2 aromatic rings. The standard InChI is InChI=1S/C12H12F2N2S/c1-7-16-12(11(17-7)4-5-15)8-2-3-9(13)10(14)6-8/h2-3,6H,4-5,15H2,1H3. The van der Waals surface area contributed by atoms with Crippen molar-refractivity contribution in [2.45, 2.75) is 13.3 Å². The fourth-order valence-electron chi connectivity index (χ4n) is 1.64. The first-order valence-electron chi connectivity index (χ1n) is 5.23. The molecule has 1 aromatic carbocycles. The van der Waals surface area contributed by atoms with Crippen LogP contribution in [0.25, 0.3) is 11.3 Å². The van der Waals surface area contributed by atoms with Crippen molar-refractivity contribution >= 4 is 11.3 Å². The van der Waals surface area contributed by atoms with Gasteiger partial charge in [0.15, 0.2) is 11.6 Å². The number of halogens is 2. The van der Waals surface area contributed by atoms with Gasteiger partial charge in [-0.15, -0.1) is 11.3 Å². The fourth-order valence-corrected chi connectivity index (χ4v) is 2.61. The lowest BCUT2D eigenvalue weighted by molar-refractivity contribution is 0.509. The lowest BCUT2D eigenvalue weighted by Crippen LogP contribution is -2.02. The Morgan fingerprint density at radius 2 is 2.06 bits per heavy atom. The number of thiazole rings is 1. The zero-order valence-electron chi connectivity index (χ0n) is 9.34. The molecule has 0 aliphatic carbocycles. The second-order valence-corrected chi connectivity index (χ2v) is 4.96. The molecule has 0 aliphatic rings. The van der Waals surface area contributed by atoms with Gasteiger partial charge < -0.3 is 5.73 Å². The summed E-state index contributed by atoms with van der Waals surface area (Å²) in [4.78, 5) is 5.35. The smallest absolute Gasteiger partial charge is 0.159 e. The molecular formula is C12H12F2N2S. The summed E-state index contributed by atoms with van der Waals surface area (Å²) in [6, 6.07) is 3.82. The first-order valence-corrected chi connectivity index (χ1v) is 6.05. The van der Waals surface area contributed by atoms with E-state index in [-0.39, 0.29) is 0 Å². The summed E-state index contributed by atoms with van der Waals surface area (Å²) in [5, 5.41) is 0.896. The monoisotopic (exact) mass is 254 g/mol. The van der Waals surface area contributed by atoms with E-state index in [9.17, 15) is 8.78 Å². The molecule has 0 spiro atoms. The van der Waals surface area contributed by atoms with Gasteiger partial charge in [0.2, 0.25) is 0 Å². The normalized spacial score (nSPS) is 10.8. The number of hydrogen-bond donors (Lipinski definition) is 1. The van der Waals surface area contributed by atoms with Crippen molar-refractivity contribution in [3.8, 4) is 11.3 Å². The summed E-state index contributed by atoms with van der Waals surface area (Å²) in [6.07, 6.45) is 0.694. The number of rotatable bonds is 3. The molecule has 2 rings (SSSR count). The van der Waals surface area contributed by atoms with Gasteiger partial charge in [-0.05, 0) is 38.1 Å². The van der Waals surface area contributed by atoms with E-state index in [1.54, 1.807) is 0 Å². The molecule has 0 radical (unpaired) electrons.